The lowest BCUT2D eigenvalue weighted by Gasteiger charge is -2.30. The van der Waals surface area contributed by atoms with Crippen LogP contribution >= 0.6 is 24.0 Å². The topological polar surface area (TPSA) is 69.2 Å². The molecule has 0 spiro atoms. The summed E-state index contributed by atoms with van der Waals surface area (Å²) in [6, 6.07) is 8.22. The van der Waals surface area contributed by atoms with E-state index in [1.165, 1.54) is 0 Å². The highest BCUT2D eigenvalue weighted by Gasteiger charge is 2.42. The first kappa shape index (κ1) is 27.5. The lowest BCUT2D eigenvalue weighted by molar-refractivity contribution is -0.138. The molecule has 8 heteroatoms. The van der Waals surface area contributed by atoms with Crippen LogP contribution < -0.4 is 15.4 Å². The van der Waals surface area contributed by atoms with Crippen molar-refractivity contribution in [1.82, 2.24) is 20.4 Å². The Morgan fingerprint density at radius 3 is 2.35 bits per heavy atom. The monoisotopic (exact) mass is 545 g/mol. The zero-order chi connectivity index (χ0) is 22.1. The number of ether oxygens (including phenoxy) is 1. The van der Waals surface area contributed by atoms with Crippen LogP contribution in [0.3, 0.4) is 0 Å². The second-order valence-electron chi connectivity index (χ2n) is 8.48. The number of likely N-dealkylation sites (N-methyl/N-ethyl adjacent to an activating group) is 1. The first-order chi connectivity index (χ1) is 14.3. The van der Waals surface area contributed by atoms with E-state index in [-0.39, 0.29) is 41.3 Å². The van der Waals surface area contributed by atoms with Crippen molar-refractivity contribution in [2.24, 2.45) is 10.4 Å². The highest BCUT2D eigenvalue weighted by molar-refractivity contribution is 14.0. The molecule has 1 fully saturated rings. The second kappa shape index (κ2) is 13.1. The predicted molar refractivity (Wildman–Crippen MR) is 138 cm³/mol. The van der Waals surface area contributed by atoms with Crippen LogP contribution in [0.4, 0.5) is 0 Å². The van der Waals surface area contributed by atoms with Gasteiger partial charge in [-0.25, -0.2) is 0 Å². The molecule has 1 aromatic rings. The third-order valence-corrected chi connectivity index (χ3v) is 5.89. The minimum atomic E-state index is -0.366. The number of amides is 1. The van der Waals surface area contributed by atoms with Crippen molar-refractivity contribution >= 4 is 35.8 Å². The molecule has 0 heterocycles. The van der Waals surface area contributed by atoms with E-state index in [0.29, 0.717) is 13.1 Å². The molecule has 176 valence electrons. The first-order valence-corrected chi connectivity index (χ1v) is 10.9. The maximum atomic E-state index is 12.8. The van der Waals surface area contributed by atoms with Gasteiger partial charge in [-0.2, -0.15) is 0 Å². The van der Waals surface area contributed by atoms with Crippen LogP contribution in [0.5, 0.6) is 5.75 Å². The van der Waals surface area contributed by atoms with Gasteiger partial charge in [0.25, 0.3) is 0 Å². The number of nitrogens with one attached hydrogen (secondary N) is 2. The van der Waals surface area contributed by atoms with Gasteiger partial charge in [-0.15, -0.1) is 24.0 Å². The molecular formula is C23H40IN5O2. The fourth-order valence-corrected chi connectivity index (χ4v) is 4.24. The Labute approximate surface area is 205 Å². The molecule has 2 rings (SSSR count). The van der Waals surface area contributed by atoms with Crippen LogP contribution in [0.1, 0.15) is 44.2 Å². The highest BCUT2D eigenvalue weighted by Crippen LogP contribution is 2.39. The highest BCUT2D eigenvalue weighted by atomic mass is 127. The van der Waals surface area contributed by atoms with Crippen molar-refractivity contribution < 1.29 is 9.53 Å². The molecule has 7 nitrogen and oxygen atoms in total. The lowest BCUT2D eigenvalue weighted by Crippen LogP contribution is -2.44. The molecule has 0 saturated heterocycles. The van der Waals surface area contributed by atoms with Gasteiger partial charge in [-0.3, -0.25) is 9.79 Å². The maximum Gasteiger partial charge on any atom is 0.230 e. The van der Waals surface area contributed by atoms with E-state index < -0.39 is 0 Å². The van der Waals surface area contributed by atoms with Gasteiger partial charge in [0, 0.05) is 32.7 Å². The third-order valence-electron chi connectivity index (χ3n) is 5.89. The summed E-state index contributed by atoms with van der Waals surface area (Å²) in [6.45, 7) is 4.01. The number of nitrogens with zero attached hydrogens (tertiary/aromatic N) is 3. The number of halogens is 1. The Hall–Kier alpha value is -1.55. The molecule has 0 aliphatic heterocycles. The first-order valence-electron chi connectivity index (χ1n) is 10.9. The molecule has 0 radical (unpaired) electrons. The zero-order valence-electron chi connectivity index (χ0n) is 19.9. The number of benzene rings is 1. The molecule has 2 N–H and O–H groups in total. The molecular weight excluding hydrogens is 505 g/mol. The smallest absolute Gasteiger partial charge is 0.230 e. The SMILES string of the molecule is CCNC(=NCC1(C(=O)N(C)C)CCCC1)NCC(c1ccccc1OC)N(C)C.I. The van der Waals surface area contributed by atoms with E-state index in [9.17, 15) is 4.79 Å². The van der Waals surface area contributed by atoms with E-state index in [1.54, 1.807) is 12.0 Å². The number of carbonyl (C=O) groups is 1. The summed E-state index contributed by atoms with van der Waals surface area (Å²) in [5.41, 5.74) is 0.763. The molecule has 1 unspecified atom stereocenters. The molecule has 1 aromatic carbocycles. The fourth-order valence-electron chi connectivity index (χ4n) is 4.24. The van der Waals surface area contributed by atoms with Gasteiger partial charge in [-0.05, 0) is 39.9 Å². The van der Waals surface area contributed by atoms with Gasteiger partial charge in [0.05, 0.1) is 25.1 Å². The van der Waals surface area contributed by atoms with Crippen LogP contribution in [0.15, 0.2) is 29.3 Å². The summed E-state index contributed by atoms with van der Waals surface area (Å²) in [5.74, 6) is 1.82. The number of carbonyl (C=O) groups excluding carboxylic acids is 1. The minimum Gasteiger partial charge on any atom is -0.496 e. The van der Waals surface area contributed by atoms with E-state index >= 15 is 0 Å². The van der Waals surface area contributed by atoms with Crippen LogP contribution in [0, 0.1) is 5.41 Å². The van der Waals surface area contributed by atoms with Crippen LogP contribution in [0.25, 0.3) is 0 Å². The summed E-state index contributed by atoms with van der Waals surface area (Å²) >= 11 is 0. The van der Waals surface area contributed by atoms with Crippen molar-refractivity contribution in [1.29, 1.82) is 0 Å². The largest absolute Gasteiger partial charge is 0.496 e. The summed E-state index contributed by atoms with van der Waals surface area (Å²) < 4.78 is 5.57. The zero-order valence-corrected chi connectivity index (χ0v) is 22.2. The molecule has 0 aromatic heterocycles. The van der Waals surface area contributed by atoms with Gasteiger partial charge < -0.3 is 25.2 Å². The standard InChI is InChI=1S/C23H39N5O2.HI/c1-7-24-22(26-17-23(14-10-11-15-23)21(29)28(4)5)25-16-19(27(2)3)18-12-8-9-13-20(18)30-6;/h8-9,12-13,19H,7,10-11,14-17H2,1-6H3,(H2,24,25,26);1H. The molecule has 1 aliphatic carbocycles. The van der Waals surface area contributed by atoms with Crippen molar-refractivity contribution in [2.75, 3.05) is 54.9 Å². The molecule has 1 aliphatic rings. The van der Waals surface area contributed by atoms with Crippen molar-refractivity contribution in [3.05, 3.63) is 29.8 Å². The number of aliphatic imine (C=N–C) groups is 1. The average molecular weight is 546 g/mol. The maximum absolute atomic E-state index is 12.8. The Morgan fingerprint density at radius 1 is 1.16 bits per heavy atom. The molecule has 1 atom stereocenters. The van der Waals surface area contributed by atoms with E-state index in [4.69, 9.17) is 9.73 Å². The van der Waals surface area contributed by atoms with Gasteiger partial charge in [0.15, 0.2) is 5.96 Å². The molecule has 1 amide bonds. The van der Waals surface area contributed by atoms with Crippen LogP contribution in [0.2, 0.25) is 0 Å². The van der Waals surface area contributed by atoms with Crippen molar-refractivity contribution in [2.45, 2.75) is 38.6 Å². The van der Waals surface area contributed by atoms with E-state index in [2.05, 4.69) is 42.6 Å². The van der Waals surface area contributed by atoms with Gasteiger partial charge in [-0.1, -0.05) is 31.0 Å². The Morgan fingerprint density at radius 2 is 1.81 bits per heavy atom. The summed E-state index contributed by atoms with van der Waals surface area (Å²) in [6.07, 6.45) is 4.01. The predicted octanol–water partition coefficient (Wildman–Crippen LogP) is 3.12. The lowest BCUT2D eigenvalue weighted by atomic mass is 9.85. The van der Waals surface area contributed by atoms with Gasteiger partial charge >= 0.3 is 0 Å². The van der Waals surface area contributed by atoms with E-state index in [0.717, 1.165) is 49.5 Å². The number of hydrogen-bond donors (Lipinski definition) is 2. The number of para-hydroxylation sites is 1. The van der Waals surface area contributed by atoms with Crippen LogP contribution in [-0.4, -0.2) is 76.6 Å². The van der Waals surface area contributed by atoms with Crippen molar-refractivity contribution in [3.63, 3.8) is 0 Å². The van der Waals surface area contributed by atoms with Crippen molar-refractivity contribution in [3.8, 4) is 5.75 Å². The average Bonchev–Trinajstić information content (AvgIpc) is 3.21. The van der Waals surface area contributed by atoms with E-state index in [1.807, 2.05) is 32.3 Å². The number of hydrogen-bond acceptors (Lipinski definition) is 4. The summed E-state index contributed by atoms with van der Waals surface area (Å²) in [7, 11) is 9.50. The molecule has 0 bridgehead atoms. The summed E-state index contributed by atoms with van der Waals surface area (Å²) in [4.78, 5) is 21.6. The third kappa shape index (κ3) is 7.24. The second-order valence-corrected chi connectivity index (χ2v) is 8.48. The Balaban J connectivity index is 0.00000480. The Bertz CT molecular complexity index is 718. The quantitative estimate of drug-likeness (QED) is 0.284. The normalized spacial score (nSPS) is 16.4. The number of rotatable bonds is 9. The molecule has 1 saturated carbocycles. The van der Waals surface area contributed by atoms with Gasteiger partial charge in [0.2, 0.25) is 5.91 Å². The molecule has 31 heavy (non-hydrogen) atoms. The number of guanidine groups is 1. The fraction of sp³-hybridized carbons (Fsp3) is 0.652. The minimum absolute atomic E-state index is 0. The van der Waals surface area contributed by atoms with Gasteiger partial charge in [0.1, 0.15) is 5.75 Å². The summed E-state index contributed by atoms with van der Waals surface area (Å²) in [5, 5.41) is 6.81. The van der Waals surface area contributed by atoms with Crippen LogP contribution in [-0.2, 0) is 4.79 Å². The Kier molecular flexibility index (Phi) is 11.6. The number of methoxy groups -OCH3 is 1.